The maximum Gasteiger partial charge on any atom is 0.144 e. The van der Waals surface area contributed by atoms with Crippen LogP contribution in [0.5, 0.6) is 0 Å². The number of anilines is 1. The molecule has 2 aromatic carbocycles. The summed E-state index contributed by atoms with van der Waals surface area (Å²) in [6.45, 7) is 0. The van der Waals surface area contributed by atoms with Crippen molar-refractivity contribution in [1.82, 2.24) is 0 Å². The molecule has 2 aromatic rings. The van der Waals surface area contributed by atoms with E-state index >= 15 is 0 Å². The van der Waals surface area contributed by atoms with Gasteiger partial charge in [-0.25, -0.2) is 0 Å². The van der Waals surface area contributed by atoms with E-state index in [1.807, 2.05) is 60.7 Å². The molecule has 0 aliphatic carbocycles. The van der Waals surface area contributed by atoms with Crippen molar-refractivity contribution in [2.75, 3.05) is 5.32 Å². The second-order valence-corrected chi connectivity index (χ2v) is 3.57. The van der Waals surface area contributed by atoms with Crippen LogP contribution in [0.4, 0.5) is 5.69 Å². The molecule has 0 saturated carbocycles. The van der Waals surface area contributed by atoms with Crippen LogP contribution < -0.4 is 5.32 Å². The molecular weight excluding hydrogens is 210 g/mol. The fourth-order valence-electron chi connectivity index (χ4n) is 1.57. The SMILES string of the molecule is O=C/C=C(/Nc1ccccc1)c1ccccc1. The zero-order valence-electron chi connectivity index (χ0n) is 9.34. The average molecular weight is 223 g/mol. The van der Waals surface area contributed by atoms with E-state index in [1.54, 1.807) is 0 Å². The van der Waals surface area contributed by atoms with Gasteiger partial charge in [0.15, 0.2) is 0 Å². The van der Waals surface area contributed by atoms with E-state index in [1.165, 1.54) is 6.08 Å². The van der Waals surface area contributed by atoms with E-state index in [9.17, 15) is 4.79 Å². The van der Waals surface area contributed by atoms with Crippen molar-refractivity contribution < 1.29 is 4.79 Å². The van der Waals surface area contributed by atoms with Crippen LogP contribution in [0.15, 0.2) is 66.7 Å². The van der Waals surface area contributed by atoms with Crippen LogP contribution >= 0.6 is 0 Å². The van der Waals surface area contributed by atoms with Gasteiger partial charge in [-0.15, -0.1) is 0 Å². The molecule has 84 valence electrons. The highest BCUT2D eigenvalue weighted by Gasteiger charge is 2.00. The minimum atomic E-state index is 0.790. The Morgan fingerprint density at radius 1 is 0.882 bits per heavy atom. The zero-order chi connectivity index (χ0) is 11.9. The molecular formula is C15H13NO. The molecule has 1 N–H and O–H groups in total. The summed E-state index contributed by atoms with van der Waals surface area (Å²) in [5.74, 6) is 0. The molecule has 0 radical (unpaired) electrons. The number of benzene rings is 2. The number of para-hydroxylation sites is 1. The lowest BCUT2D eigenvalue weighted by atomic mass is 10.1. The molecule has 0 amide bonds. The van der Waals surface area contributed by atoms with E-state index in [-0.39, 0.29) is 0 Å². The van der Waals surface area contributed by atoms with Gasteiger partial charge in [0.25, 0.3) is 0 Å². The summed E-state index contributed by atoms with van der Waals surface area (Å²) in [4.78, 5) is 10.7. The van der Waals surface area contributed by atoms with Crippen LogP contribution in [0.25, 0.3) is 5.70 Å². The third-order valence-electron chi connectivity index (χ3n) is 2.37. The largest absolute Gasteiger partial charge is 0.355 e. The van der Waals surface area contributed by atoms with Gasteiger partial charge in [-0.3, -0.25) is 4.79 Å². The molecule has 0 aliphatic heterocycles. The normalized spacial score (nSPS) is 10.9. The fraction of sp³-hybridized carbons (Fsp3) is 0. The average Bonchev–Trinajstić information content (AvgIpc) is 2.40. The molecule has 0 aromatic heterocycles. The lowest BCUT2D eigenvalue weighted by molar-refractivity contribution is -0.104. The van der Waals surface area contributed by atoms with Crippen LogP contribution in [-0.4, -0.2) is 6.29 Å². The van der Waals surface area contributed by atoms with E-state index in [0.717, 1.165) is 23.2 Å². The first-order valence-electron chi connectivity index (χ1n) is 5.43. The molecule has 2 rings (SSSR count). The van der Waals surface area contributed by atoms with E-state index in [2.05, 4.69) is 5.32 Å². The lowest BCUT2D eigenvalue weighted by Crippen LogP contribution is -1.98. The second kappa shape index (κ2) is 5.66. The Balaban J connectivity index is 2.26. The first-order chi connectivity index (χ1) is 8.40. The fourth-order valence-corrected chi connectivity index (χ4v) is 1.57. The van der Waals surface area contributed by atoms with Crippen molar-refractivity contribution in [3.8, 4) is 0 Å². The number of rotatable bonds is 4. The molecule has 0 unspecified atom stereocenters. The highest BCUT2D eigenvalue weighted by Crippen LogP contribution is 2.17. The molecule has 17 heavy (non-hydrogen) atoms. The molecule has 0 heterocycles. The Kier molecular flexibility index (Phi) is 3.71. The molecule has 0 bridgehead atoms. The standard InChI is InChI=1S/C15H13NO/c17-12-11-15(13-7-3-1-4-8-13)16-14-9-5-2-6-10-14/h1-12,16H/b15-11+. The number of carbonyl (C=O) groups excluding carboxylic acids is 1. The van der Waals surface area contributed by atoms with Crippen molar-refractivity contribution in [2.24, 2.45) is 0 Å². The highest BCUT2D eigenvalue weighted by molar-refractivity contribution is 5.86. The smallest absolute Gasteiger partial charge is 0.144 e. The minimum absolute atomic E-state index is 0.790. The first-order valence-corrected chi connectivity index (χ1v) is 5.43. The maximum absolute atomic E-state index is 10.7. The summed E-state index contributed by atoms with van der Waals surface area (Å²) in [6, 6.07) is 19.5. The number of hydrogen-bond donors (Lipinski definition) is 1. The van der Waals surface area contributed by atoms with Crippen molar-refractivity contribution >= 4 is 17.7 Å². The lowest BCUT2D eigenvalue weighted by Gasteiger charge is -2.10. The molecule has 0 fully saturated rings. The molecule has 2 nitrogen and oxygen atoms in total. The number of hydrogen-bond acceptors (Lipinski definition) is 2. The molecule has 0 atom stereocenters. The van der Waals surface area contributed by atoms with Gasteiger partial charge >= 0.3 is 0 Å². The summed E-state index contributed by atoms with van der Waals surface area (Å²) in [5.41, 5.74) is 2.75. The topological polar surface area (TPSA) is 29.1 Å². The van der Waals surface area contributed by atoms with Gasteiger partial charge in [0.2, 0.25) is 0 Å². The maximum atomic E-state index is 10.7. The summed E-state index contributed by atoms with van der Waals surface area (Å²) in [7, 11) is 0. The Morgan fingerprint density at radius 2 is 1.47 bits per heavy atom. The van der Waals surface area contributed by atoms with Gasteiger partial charge in [-0.2, -0.15) is 0 Å². The minimum Gasteiger partial charge on any atom is -0.355 e. The van der Waals surface area contributed by atoms with Gasteiger partial charge in [0.05, 0.1) is 0 Å². The molecule has 0 aliphatic rings. The number of nitrogens with one attached hydrogen (secondary N) is 1. The summed E-state index contributed by atoms with van der Waals surface area (Å²) in [5, 5.41) is 3.23. The van der Waals surface area contributed by atoms with E-state index < -0.39 is 0 Å². The zero-order valence-corrected chi connectivity index (χ0v) is 9.34. The van der Waals surface area contributed by atoms with Crippen molar-refractivity contribution in [3.63, 3.8) is 0 Å². The number of aldehydes is 1. The second-order valence-electron chi connectivity index (χ2n) is 3.57. The van der Waals surface area contributed by atoms with Gasteiger partial charge in [0, 0.05) is 17.5 Å². The van der Waals surface area contributed by atoms with Gasteiger partial charge in [-0.1, -0.05) is 48.5 Å². The van der Waals surface area contributed by atoms with E-state index in [0.29, 0.717) is 0 Å². The van der Waals surface area contributed by atoms with Crippen LogP contribution in [0, 0.1) is 0 Å². The Bertz CT molecular complexity index is 503. The molecule has 2 heteroatoms. The number of allylic oxidation sites excluding steroid dienone is 1. The summed E-state index contributed by atoms with van der Waals surface area (Å²) in [6.07, 6.45) is 2.32. The Morgan fingerprint density at radius 3 is 2.06 bits per heavy atom. The van der Waals surface area contributed by atoms with Crippen LogP contribution in [0.2, 0.25) is 0 Å². The molecule has 0 spiro atoms. The third kappa shape index (κ3) is 3.05. The van der Waals surface area contributed by atoms with E-state index in [4.69, 9.17) is 0 Å². The first kappa shape index (κ1) is 11.1. The highest BCUT2D eigenvalue weighted by atomic mass is 16.1. The third-order valence-corrected chi connectivity index (χ3v) is 2.37. The summed E-state index contributed by atoms with van der Waals surface area (Å²) < 4.78 is 0. The molecule has 0 saturated heterocycles. The van der Waals surface area contributed by atoms with Crippen molar-refractivity contribution in [3.05, 3.63) is 72.3 Å². The Hall–Kier alpha value is -2.35. The van der Waals surface area contributed by atoms with Crippen molar-refractivity contribution in [1.29, 1.82) is 0 Å². The van der Waals surface area contributed by atoms with Crippen molar-refractivity contribution in [2.45, 2.75) is 0 Å². The van der Waals surface area contributed by atoms with Crippen LogP contribution in [-0.2, 0) is 4.79 Å². The predicted octanol–water partition coefficient (Wildman–Crippen LogP) is 3.34. The summed E-state index contributed by atoms with van der Waals surface area (Å²) >= 11 is 0. The van der Waals surface area contributed by atoms with Crippen LogP contribution in [0.1, 0.15) is 5.56 Å². The Labute approximate surface area is 101 Å². The predicted molar refractivity (Wildman–Crippen MR) is 70.5 cm³/mol. The monoisotopic (exact) mass is 223 g/mol. The van der Waals surface area contributed by atoms with Gasteiger partial charge in [-0.05, 0) is 17.7 Å². The number of carbonyl (C=O) groups is 1. The van der Waals surface area contributed by atoms with Gasteiger partial charge in [0.1, 0.15) is 6.29 Å². The van der Waals surface area contributed by atoms with Crippen LogP contribution in [0.3, 0.4) is 0 Å². The van der Waals surface area contributed by atoms with Gasteiger partial charge < -0.3 is 5.32 Å². The quantitative estimate of drug-likeness (QED) is 0.636.